The van der Waals surface area contributed by atoms with Crippen molar-refractivity contribution in [2.45, 2.75) is 24.3 Å². The minimum Gasteiger partial charge on any atom is -0.238 e. The van der Waals surface area contributed by atoms with Gasteiger partial charge in [0.1, 0.15) is 10.3 Å². The van der Waals surface area contributed by atoms with Crippen LogP contribution in [0.2, 0.25) is 0 Å². The average molecular weight is 392 g/mol. The van der Waals surface area contributed by atoms with Gasteiger partial charge in [-0.25, -0.2) is 4.55 Å². The highest BCUT2D eigenvalue weighted by atomic mass is 32.3. The first kappa shape index (κ1) is 19.6. The molecule has 0 aliphatic rings. The summed E-state index contributed by atoms with van der Waals surface area (Å²) < 4.78 is 64.8. The van der Waals surface area contributed by atoms with Gasteiger partial charge in [-0.1, -0.05) is 24.3 Å². The van der Waals surface area contributed by atoms with Gasteiger partial charge in [-0.3, -0.25) is 0 Å². The molecule has 2 aromatic rings. The SMILES string of the molecule is CCS(CC)([O+]=S(=O)(O)C(F)(F)F)c1ccc(C#N)c2ccccc12. The molecule has 25 heavy (non-hydrogen) atoms. The summed E-state index contributed by atoms with van der Waals surface area (Å²) >= 11 is 0. The number of benzene rings is 2. The predicted octanol–water partition coefficient (Wildman–Crippen LogP) is 4.99. The van der Waals surface area contributed by atoms with E-state index in [0.29, 0.717) is 21.2 Å². The van der Waals surface area contributed by atoms with Crippen molar-refractivity contribution in [1.82, 2.24) is 0 Å². The number of nitrogens with zero attached hydrogens (tertiary/aromatic N) is 1. The van der Waals surface area contributed by atoms with E-state index in [-0.39, 0.29) is 11.5 Å². The fraction of sp³-hybridized carbons (Fsp3) is 0.312. The lowest BCUT2D eigenvalue weighted by molar-refractivity contribution is -0.0541. The van der Waals surface area contributed by atoms with E-state index in [0.717, 1.165) is 0 Å². The molecule has 4 nitrogen and oxygen atoms in total. The van der Waals surface area contributed by atoms with Gasteiger partial charge in [-0.05, 0) is 26.0 Å². The summed E-state index contributed by atoms with van der Waals surface area (Å²) in [5.74, 6) is 0.264. The van der Waals surface area contributed by atoms with E-state index in [1.165, 1.54) is 12.1 Å². The molecular formula is C16H17F3NO3S2+. The zero-order chi connectivity index (χ0) is 18.9. The van der Waals surface area contributed by atoms with Crippen molar-refractivity contribution >= 4 is 31.2 Å². The second-order valence-corrected chi connectivity index (χ2v) is 10.3. The largest absolute Gasteiger partial charge is 0.576 e. The highest BCUT2D eigenvalue weighted by molar-refractivity contribution is 8.30. The highest BCUT2D eigenvalue weighted by Crippen LogP contribution is 2.57. The molecule has 9 heteroatoms. The molecule has 0 bridgehead atoms. The molecule has 2 rings (SSSR count). The molecule has 1 atom stereocenters. The summed E-state index contributed by atoms with van der Waals surface area (Å²) in [7, 11) is -8.19. The standard InChI is InChI=1S/C16H16F3NO3S2/c1-3-24(4-2,23-25(21,22)16(17,18)19)15-10-9-12(11-20)13-7-5-6-8-14(13)15/h5-10H,3-4H2,1-2H3/p+1. The summed E-state index contributed by atoms with van der Waals surface area (Å²) in [5, 5.41) is 10.4. The number of alkyl halides is 3. The van der Waals surface area contributed by atoms with Gasteiger partial charge >= 0.3 is 15.6 Å². The Morgan fingerprint density at radius 3 is 2.16 bits per heavy atom. The van der Waals surface area contributed by atoms with Crippen LogP contribution in [0.3, 0.4) is 0 Å². The Hall–Kier alpha value is -1.76. The van der Waals surface area contributed by atoms with Crippen LogP contribution in [-0.4, -0.2) is 25.8 Å². The molecule has 0 amide bonds. The molecule has 0 heterocycles. The maximum absolute atomic E-state index is 12.9. The van der Waals surface area contributed by atoms with E-state index >= 15 is 0 Å². The maximum Gasteiger partial charge on any atom is 0.576 e. The van der Waals surface area contributed by atoms with Crippen LogP contribution in [0.25, 0.3) is 10.8 Å². The van der Waals surface area contributed by atoms with Crippen LogP contribution in [0.15, 0.2) is 41.3 Å². The Morgan fingerprint density at radius 1 is 1.12 bits per heavy atom. The minimum absolute atomic E-state index is 0.132. The zero-order valence-electron chi connectivity index (χ0n) is 13.5. The Morgan fingerprint density at radius 2 is 1.68 bits per heavy atom. The summed E-state index contributed by atoms with van der Waals surface area (Å²) in [6.07, 6.45) is 0. The summed E-state index contributed by atoms with van der Waals surface area (Å²) in [4.78, 5) is 0.429. The molecule has 136 valence electrons. The van der Waals surface area contributed by atoms with E-state index < -0.39 is 25.9 Å². The monoisotopic (exact) mass is 392 g/mol. The second kappa shape index (κ2) is 6.86. The molecule has 0 aliphatic heterocycles. The molecule has 0 radical (unpaired) electrons. The zero-order valence-corrected chi connectivity index (χ0v) is 15.2. The van der Waals surface area contributed by atoms with Gasteiger partial charge < -0.3 is 0 Å². The van der Waals surface area contributed by atoms with Crippen LogP contribution in [-0.2, 0) is 13.4 Å². The average Bonchev–Trinajstić information content (AvgIpc) is 2.58. The van der Waals surface area contributed by atoms with Crippen molar-refractivity contribution in [3.05, 3.63) is 42.0 Å². The van der Waals surface area contributed by atoms with Crippen LogP contribution in [0.1, 0.15) is 19.4 Å². The molecule has 0 aliphatic carbocycles. The van der Waals surface area contributed by atoms with Crippen molar-refractivity contribution in [1.29, 1.82) is 5.26 Å². The van der Waals surface area contributed by atoms with Crippen molar-refractivity contribution in [2.75, 3.05) is 11.5 Å². The van der Waals surface area contributed by atoms with E-state index in [2.05, 4.69) is 0 Å². The fourth-order valence-corrected chi connectivity index (χ4v) is 7.27. The van der Waals surface area contributed by atoms with Crippen molar-refractivity contribution in [3.63, 3.8) is 0 Å². The summed E-state index contributed by atoms with van der Waals surface area (Å²) in [5.41, 5.74) is -5.00. The van der Waals surface area contributed by atoms with E-state index in [1.54, 1.807) is 38.1 Å². The first-order valence-corrected chi connectivity index (χ1v) is 10.7. The third-order valence-electron chi connectivity index (χ3n) is 3.85. The Labute approximate surface area is 145 Å². The van der Waals surface area contributed by atoms with Gasteiger partial charge in [0.2, 0.25) is 0 Å². The van der Waals surface area contributed by atoms with Crippen LogP contribution in [0.4, 0.5) is 13.2 Å². The highest BCUT2D eigenvalue weighted by Gasteiger charge is 2.56. The molecular weight excluding hydrogens is 375 g/mol. The lowest BCUT2D eigenvalue weighted by Crippen LogP contribution is -2.25. The van der Waals surface area contributed by atoms with Gasteiger partial charge in [0.25, 0.3) is 0 Å². The van der Waals surface area contributed by atoms with E-state index in [1.807, 2.05) is 6.07 Å². The normalized spacial score (nSPS) is 15.4. The first-order chi connectivity index (χ1) is 11.6. The summed E-state index contributed by atoms with van der Waals surface area (Å²) in [6.45, 7) is 3.25. The molecule has 0 aromatic heterocycles. The van der Waals surface area contributed by atoms with Gasteiger partial charge in [0.05, 0.1) is 28.0 Å². The number of hydrogen-bond acceptors (Lipinski definition) is 2. The number of rotatable bonds is 4. The molecule has 0 saturated carbocycles. The number of halogens is 3. The topological polar surface area (TPSA) is 72.4 Å². The number of hydrogen-bond donors (Lipinski definition) is 1. The fourth-order valence-electron chi connectivity index (χ4n) is 2.56. The first-order valence-electron chi connectivity index (χ1n) is 7.36. The van der Waals surface area contributed by atoms with Gasteiger partial charge in [0.15, 0.2) is 0 Å². The lowest BCUT2D eigenvalue weighted by Gasteiger charge is -2.23. The van der Waals surface area contributed by atoms with E-state index in [4.69, 9.17) is 3.29 Å². The molecule has 0 saturated heterocycles. The third kappa shape index (κ3) is 3.47. The summed E-state index contributed by atoms with van der Waals surface area (Å²) in [6, 6.07) is 11.8. The van der Waals surface area contributed by atoms with Crippen LogP contribution >= 0.6 is 10.3 Å². The molecule has 0 spiro atoms. The number of fused-ring (bicyclic) bond motifs is 1. The quantitative estimate of drug-likeness (QED) is 0.453. The van der Waals surface area contributed by atoms with Crippen molar-refractivity contribution < 1.29 is 25.2 Å². The molecule has 2 aromatic carbocycles. The molecule has 1 unspecified atom stereocenters. The minimum atomic E-state index is -5.49. The van der Waals surface area contributed by atoms with Crippen molar-refractivity contribution in [2.24, 2.45) is 0 Å². The van der Waals surface area contributed by atoms with Crippen LogP contribution in [0.5, 0.6) is 0 Å². The Kier molecular flexibility index (Phi) is 5.37. The maximum atomic E-state index is 12.9. The van der Waals surface area contributed by atoms with E-state index in [9.17, 15) is 27.2 Å². The van der Waals surface area contributed by atoms with Crippen molar-refractivity contribution in [3.8, 4) is 6.07 Å². The molecule has 0 fully saturated rings. The Bertz CT molecular complexity index is 953. The second-order valence-electron chi connectivity index (χ2n) is 5.15. The predicted molar refractivity (Wildman–Crippen MR) is 93.1 cm³/mol. The van der Waals surface area contributed by atoms with Gasteiger partial charge in [-0.15, -0.1) is 7.49 Å². The van der Waals surface area contributed by atoms with Gasteiger partial charge in [0, 0.05) is 10.8 Å². The van der Waals surface area contributed by atoms with Crippen LogP contribution in [0, 0.1) is 11.3 Å². The third-order valence-corrected chi connectivity index (χ3v) is 9.24. The molecule has 1 N–H and O–H groups in total. The lowest BCUT2D eigenvalue weighted by atomic mass is 10.1. The van der Waals surface area contributed by atoms with Gasteiger partial charge in [-0.2, -0.15) is 18.4 Å². The number of nitriles is 1. The smallest absolute Gasteiger partial charge is 0.238 e. The van der Waals surface area contributed by atoms with Crippen LogP contribution < -0.4 is 0 Å². The Balaban J connectivity index is 2.89.